The lowest BCUT2D eigenvalue weighted by molar-refractivity contribution is -0.137. The number of alkyl halides is 3. The van der Waals surface area contributed by atoms with E-state index in [1.54, 1.807) is 11.4 Å². The molecule has 4 rings (SSSR count). The average Bonchev–Trinajstić information content (AvgIpc) is 3.26. The van der Waals surface area contributed by atoms with E-state index in [1.165, 1.54) is 22.7 Å². The van der Waals surface area contributed by atoms with Gasteiger partial charge in [-0.15, -0.1) is 22.7 Å². The van der Waals surface area contributed by atoms with Gasteiger partial charge in [0.15, 0.2) is 0 Å². The molecule has 0 saturated carbocycles. The minimum atomic E-state index is -4.52. The van der Waals surface area contributed by atoms with E-state index in [2.05, 4.69) is 9.71 Å². The lowest BCUT2D eigenvalue weighted by Crippen LogP contribution is -2.13. The summed E-state index contributed by atoms with van der Waals surface area (Å²) in [5, 5.41) is 2.75. The maximum absolute atomic E-state index is 12.7. The van der Waals surface area contributed by atoms with Gasteiger partial charge in [-0.1, -0.05) is 12.1 Å². The molecule has 0 unspecified atom stereocenters. The van der Waals surface area contributed by atoms with Gasteiger partial charge >= 0.3 is 6.18 Å². The largest absolute Gasteiger partial charge is 0.416 e. The first-order valence-corrected chi connectivity index (χ1v) is 11.1. The Balaban J connectivity index is 1.65. The van der Waals surface area contributed by atoms with Gasteiger partial charge in [0.2, 0.25) is 0 Å². The zero-order valence-electron chi connectivity index (χ0n) is 13.9. The third kappa shape index (κ3) is 3.62. The van der Waals surface area contributed by atoms with Crippen LogP contribution in [0, 0.1) is 0 Å². The molecule has 0 fully saturated rings. The number of nitrogens with zero attached hydrogens (tertiary/aromatic N) is 1. The van der Waals surface area contributed by atoms with E-state index in [0.29, 0.717) is 15.6 Å². The topological polar surface area (TPSA) is 59.1 Å². The van der Waals surface area contributed by atoms with Gasteiger partial charge in [0.1, 0.15) is 10.0 Å². The second-order valence-electron chi connectivity index (χ2n) is 5.78. The second kappa shape index (κ2) is 6.87. The van der Waals surface area contributed by atoms with Crippen LogP contribution in [-0.4, -0.2) is 13.4 Å². The number of para-hydroxylation sites is 1. The van der Waals surface area contributed by atoms with Crippen molar-refractivity contribution in [3.05, 3.63) is 65.5 Å². The van der Waals surface area contributed by atoms with Crippen LogP contribution in [0.4, 0.5) is 18.2 Å². The van der Waals surface area contributed by atoms with Gasteiger partial charge in [0.25, 0.3) is 10.0 Å². The highest BCUT2D eigenvalue weighted by Crippen LogP contribution is 2.38. The first-order chi connectivity index (χ1) is 13.2. The van der Waals surface area contributed by atoms with E-state index >= 15 is 0 Å². The number of fused-ring (bicyclic) bond motifs is 1. The Morgan fingerprint density at radius 2 is 1.68 bits per heavy atom. The van der Waals surface area contributed by atoms with Crippen LogP contribution in [0.15, 0.2) is 64.9 Å². The molecule has 2 aromatic heterocycles. The molecule has 0 saturated heterocycles. The highest BCUT2D eigenvalue weighted by molar-refractivity contribution is 7.93. The van der Waals surface area contributed by atoms with Gasteiger partial charge in [0, 0.05) is 5.56 Å². The molecule has 0 radical (unpaired) electrons. The van der Waals surface area contributed by atoms with Crippen LogP contribution in [0.25, 0.3) is 20.8 Å². The van der Waals surface area contributed by atoms with E-state index in [-0.39, 0.29) is 4.90 Å². The standard InChI is InChI=1S/C18H11F3N2O2S3/c19-18(20,21)11-5-7-12(8-6-11)28(24,25)23-17-13(9-10-26-17)16-22-14-3-1-2-4-15(14)27-16/h1-10,23H. The lowest BCUT2D eigenvalue weighted by Gasteiger charge is -2.10. The number of anilines is 1. The fraction of sp³-hybridized carbons (Fsp3) is 0.0556. The van der Waals surface area contributed by atoms with Gasteiger partial charge in [-0.25, -0.2) is 13.4 Å². The molecule has 0 amide bonds. The van der Waals surface area contributed by atoms with Crippen molar-refractivity contribution in [2.45, 2.75) is 11.1 Å². The molecular weight excluding hydrogens is 429 g/mol. The number of halogens is 3. The molecule has 0 aliphatic heterocycles. The van der Waals surface area contributed by atoms with E-state index in [4.69, 9.17) is 0 Å². The summed E-state index contributed by atoms with van der Waals surface area (Å²) >= 11 is 2.61. The highest BCUT2D eigenvalue weighted by atomic mass is 32.2. The Hall–Kier alpha value is -2.43. The number of thiazole rings is 1. The molecule has 144 valence electrons. The SMILES string of the molecule is O=S(=O)(Nc1sccc1-c1nc2ccccc2s1)c1ccc(C(F)(F)F)cc1. The average molecular weight is 440 g/mol. The second-order valence-corrected chi connectivity index (χ2v) is 9.41. The zero-order valence-corrected chi connectivity index (χ0v) is 16.3. The monoisotopic (exact) mass is 440 g/mol. The smallest absolute Gasteiger partial charge is 0.270 e. The Morgan fingerprint density at radius 1 is 0.964 bits per heavy atom. The van der Waals surface area contributed by atoms with Gasteiger partial charge < -0.3 is 0 Å². The van der Waals surface area contributed by atoms with E-state index in [9.17, 15) is 21.6 Å². The molecule has 2 aromatic carbocycles. The number of nitrogens with one attached hydrogen (secondary N) is 1. The summed E-state index contributed by atoms with van der Waals surface area (Å²) in [6.45, 7) is 0. The summed E-state index contributed by atoms with van der Waals surface area (Å²) in [5.41, 5.74) is 0.532. The molecule has 10 heteroatoms. The molecule has 1 N–H and O–H groups in total. The van der Waals surface area contributed by atoms with Crippen LogP contribution in [0.1, 0.15) is 5.56 Å². The summed E-state index contributed by atoms with van der Waals surface area (Å²) < 4.78 is 66.7. The summed E-state index contributed by atoms with van der Waals surface area (Å²) in [6, 6.07) is 12.7. The van der Waals surface area contributed by atoms with Crippen molar-refractivity contribution < 1.29 is 21.6 Å². The summed E-state index contributed by atoms with van der Waals surface area (Å²) in [6.07, 6.45) is -4.52. The number of hydrogen-bond acceptors (Lipinski definition) is 5. The summed E-state index contributed by atoms with van der Waals surface area (Å²) in [4.78, 5) is 4.28. The van der Waals surface area contributed by atoms with Gasteiger partial charge in [-0.3, -0.25) is 4.72 Å². The van der Waals surface area contributed by atoms with Crippen molar-refractivity contribution in [1.82, 2.24) is 4.98 Å². The molecule has 0 bridgehead atoms. The van der Waals surface area contributed by atoms with Gasteiger partial charge in [-0.2, -0.15) is 13.2 Å². The minimum absolute atomic E-state index is 0.246. The number of sulfonamides is 1. The fourth-order valence-electron chi connectivity index (χ4n) is 2.55. The first-order valence-electron chi connectivity index (χ1n) is 7.87. The normalized spacial score (nSPS) is 12.4. The summed E-state index contributed by atoms with van der Waals surface area (Å²) in [7, 11) is -4.04. The number of benzene rings is 2. The molecular formula is C18H11F3N2O2S3. The van der Waals surface area contributed by atoms with E-state index in [1.807, 2.05) is 24.3 Å². The Bertz CT molecular complexity index is 1210. The predicted octanol–water partition coefficient (Wildman–Crippen LogP) is 5.84. The lowest BCUT2D eigenvalue weighted by atomic mass is 10.2. The maximum atomic E-state index is 12.7. The van der Waals surface area contributed by atoms with E-state index < -0.39 is 21.8 Å². The number of thiophene rings is 1. The molecule has 4 aromatic rings. The number of aromatic nitrogens is 1. The van der Waals surface area contributed by atoms with Gasteiger partial charge in [-0.05, 0) is 47.8 Å². The van der Waals surface area contributed by atoms with E-state index in [0.717, 1.165) is 34.5 Å². The van der Waals surface area contributed by atoms with Gasteiger partial charge in [0.05, 0.1) is 20.7 Å². The Kier molecular flexibility index (Phi) is 4.64. The Labute approximate surface area is 166 Å². The fourth-order valence-corrected chi connectivity index (χ4v) is 5.73. The van der Waals surface area contributed by atoms with Crippen LogP contribution in [0.5, 0.6) is 0 Å². The molecule has 0 atom stereocenters. The molecule has 0 aliphatic carbocycles. The van der Waals surface area contributed by atoms with Crippen molar-refractivity contribution in [1.29, 1.82) is 0 Å². The van der Waals surface area contributed by atoms with Crippen molar-refractivity contribution >= 4 is 47.9 Å². The quantitative estimate of drug-likeness (QED) is 0.433. The first kappa shape index (κ1) is 18.9. The minimum Gasteiger partial charge on any atom is -0.270 e. The third-order valence-electron chi connectivity index (χ3n) is 3.91. The van der Waals surface area contributed by atoms with Crippen molar-refractivity contribution in [3.63, 3.8) is 0 Å². The van der Waals surface area contributed by atoms with Crippen LogP contribution in [0.3, 0.4) is 0 Å². The predicted molar refractivity (Wildman–Crippen MR) is 105 cm³/mol. The van der Waals surface area contributed by atoms with Crippen molar-refractivity contribution in [2.24, 2.45) is 0 Å². The van der Waals surface area contributed by atoms with Crippen LogP contribution in [0.2, 0.25) is 0 Å². The van der Waals surface area contributed by atoms with Crippen molar-refractivity contribution in [2.75, 3.05) is 4.72 Å². The number of rotatable bonds is 4. The highest BCUT2D eigenvalue weighted by Gasteiger charge is 2.30. The molecule has 2 heterocycles. The molecule has 0 spiro atoms. The molecule has 28 heavy (non-hydrogen) atoms. The van der Waals surface area contributed by atoms with Crippen molar-refractivity contribution in [3.8, 4) is 10.6 Å². The van der Waals surface area contributed by atoms with Crippen LogP contribution < -0.4 is 4.72 Å². The summed E-state index contributed by atoms with van der Waals surface area (Å²) in [5.74, 6) is 0. The number of hydrogen-bond donors (Lipinski definition) is 1. The van der Waals surface area contributed by atoms with Crippen LogP contribution in [-0.2, 0) is 16.2 Å². The molecule has 0 aliphatic rings. The Morgan fingerprint density at radius 3 is 2.36 bits per heavy atom. The maximum Gasteiger partial charge on any atom is 0.416 e. The van der Waals surface area contributed by atoms with Crippen LogP contribution >= 0.6 is 22.7 Å². The zero-order chi connectivity index (χ0) is 19.9. The third-order valence-corrected chi connectivity index (χ3v) is 7.30. The molecule has 4 nitrogen and oxygen atoms in total.